The Morgan fingerprint density at radius 3 is 2.48 bits per heavy atom. The van der Waals surface area contributed by atoms with Gasteiger partial charge in [0.05, 0.1) is 6.54 Å². The van der Waals surface area contributed by atoms with Crippen LogP contribution in [0.2, 0.25) is 0 Å². The van der Waals surface area contributed by atoms with Crippen LogP contribution in [0.5, 0.6) is 0 Å². The van der Waals surface area contributed by atoms with Gasteiger partial charge < -0.3 is 5.11 Å². The van der Waals surface area contributed by atoms with Gasteiger partial charge in [-0.1, -0.05) is 29.8 Å². The summed E-state index contributed by atoms with van der Waals surface area (Å²) in [6.07, 6.45) is 1.29. The van der Waals surface area contributed by atoms with E-state index in [2.05, 4.69) is 5.10 Å². The average Bonchev–Trinajstić information content (AvgIpc) is 3.03. The number of benzene rings is 1. The number of carboxylic acid groups (broad SMARTS) is 1. The zero-order valence-electron chi connectivity index (χ0n) is 13.8. The van der Waals surface area contributed by atoms with Crippen LogP contribution in [0, 0.1) is 6.92 Å². The molecule has 9 heteroatoms. The number of aromatic carboxylic acids is 1. The predicted octanol–water partition coefficient (Wildman–Crippen LogP) is 1.68. The number of aryl methyl sites for hydroxylation is 1. The zero-order chi connectivity index (χ0) is 18.0. The summed E-state index contributed by atoms with van der Waals surface area (Å²) in [5.74, 6) is 0.109. The van der Waals surface area contributed by atoms with Crippen LogP contribution >= 0.6 is 11.8 Å². The summed E-state index contributed by atoms with van der Waals surface area (Å²) in [5.41, 5.74) is 1.75. The fraction of sp³-hybridized carbons (Fsp3) is 0.375. The van der Waals surface area contributed by atoms with Gasteiger partial charge in [0.1, 0.15) is 5.56 Å². The van der Waals surface area contributed by atoms with E-state index in [1.807, 2.05) is 31.2 Å². The van der Waals surface area contributed by atoms with Gasteiger partial charge in [-0.05, 0) is 12.5 Å². The summed E-state index contributed by atoms with van der Waals surface area (Å²) < 4.78 is 28.3. The van der Waals surface area contributed by atoms with Gasteiger partial charge in [-0.15, -0.1) is 0 Å². The summed E-state index contributed by atoms with van der Waals surface area (Å²) in [6, 6.07) is 7.71. The monoisotopic (exact) mass is 381 g/mol. The molecule has 0 radical (unpaired) electrons. The van der Waals surface area contributed by atoms with Crippen molar-refractivity contribution in [3.63, 3.8) is 0 Å². The Labute approximate surface area is 150 Å². The van der Waals surface area contributed by atoms with Crippen molar-refractivity contribution >= 4 is 27.8 Å². The number of carboxylic acids is 1. The molecule has 0 saturated carbocycles. The third-order valence-electron chi connectivity index (χ3n) is 3.98. The van der Waals surface area contributed by atoms with E-state index in [0.717, 1.165) is 11.1 Å². The maximum absolute atomic E-state index is 12.8. The SMILES string of the molecule is Cc1ccc(Cn2cc(C(=O)O)c(S(=O)(=O)N3CCSCC3)n2)cc1. The van der Waals surface area contributed by atoms with Gasteiger partial charge in [0.2, 0.25) is 5.03 Å². The quantitative estimate of drug-likeness (QED) is 0.847. The lowest BCUT2D eigenvalue weighted by Gasteiger charge is -2.24. The summed E-state index contributed by atoms with van der Waals surface area (Å²) in [7, 11) is -3.91. The molecule has 0 bridgehead atoms. The van der Waals surface area contributed by atoms with Crippen LogP contribution in [-0.2, 0) is 16.6 Å². The first kappa shape index (κ1) is 18.0. The number of thioether (sulfide) groups is 1. The Morgan fingerprint density at radius 1 is 1.24 bits per heavy atom. The Balaban J connectivity index is 1.94. The van der Waals surface area contributed by atoms with Gasteiger partial charge in [0.25, 0.3) is 10.0 Å². The number of sulfonamides is 1. The topological polar surface area (TPSA) is 92.5 Å². The second-order valence-electron chi connectivity index (χ2n) is 5.85. The molecule has 1 N–H and O–H groups in total. The first-order valence-electron chi connectivity index (χ1n) is 7.82. The first-order valence-corrected chi connectivity index (χ1v) is 10.4. The highest BCUT2D eigenvalue weighted by Crippen LogP contribution is 2.22. The number of hydrogen-bond donors (Lipinski definition) is 1. The van der Waals surface area contributed by atoms with Crippen LogP contribution in [0.4, 0.5) is 0 Å². The maximum atomic E-state index is 12.8. The smallest absolute Gasteiger partial charge is 0.340 e. The minimum absolute atomic E-state index is 0.287. The second-order valence-corrected chi connectivity index (χ2v) is 8.93. The molecule has 2 heterocycles. The lowest BCUT2D eigenvalue weighted by atomic mass is 10.1. The van der Waals surface area contributed by atoms with E-state index in [0.29, 0.717) is 31.1 Å². The van der Waals surface area contributed by atoms with E-state index in [1.54, 1.807) is 11.8 Å². The number of hydrogen-bond acceptors (Lipinski definition) is 5. The molecule has 0 spiro atoms. The maximum Gasteiger partial charge on any atom is 0.340 e. The second kappa shape index (κ2) is 7.19. The minimum Gasteiger partial charge on any atom is -0.478 e. The Bertz CT molecular complexity index is 869. The van der Waals surface area contributed by atoms with Gasteiger partial charge in [0.15, 0.2) is 0 Å². The highest BCUT2D eigenvalue weighted by Gasteiger charge is 2.33. The van der Waals surface area contributed by atoms with Crippen LogP contribution in [0.1, 0.15) is 21.5 Å². The molecule has 25 heavy (non-hydrogen) atoms. The minimum atomic E-state index is -3.91. The largest absolute Gasteiger partial charge is 0.478 e. The normalized spacial score (nSPS) is 16.0. The van der Waals surface area contributed by atoms with Gasteiger partial charge in [0, 0.05) is 30.8 Å². The van der Waals surface area contributed by atoms with Crippen molar-refractivity contribution in [1.29, 1.82) is 0 Å². The number of carbonyl (C=O) groups is 1. The molecule has 1 aliphatic rings. The lowest BCUT2D eigenvalue weighted by Crippen LogP contribution is -2.38. The van der Waals surface area contributed by atoms with Crippen LogP contribution < -0.4 is 0 Å². The summed E-state index contributed by atoms with van der Waals surface area (Å²) in [6.45, 7) is 3.03. The first-order chi connectivity index (χ1) is 11.9. The standard InChI is InChI=1S/C16H19N3O4S2/c1-12-2-4-13(5-3-12)10-18-11-14(16(20)21)15(17-18)25(22,23)19-6-8-24-9-7-19/h2-5,11H,6-10H2,1H3,(H,20,21). The molecule has 1 saturated heterocycles. The molecule has 1 aromatic carbocycles. The van der Waals surface area contributed by atoms with Crippen molar-refractivity contribution in [3.8, 4) is 0 Å². The molecule has 1 aromatic heterocycles. The predicted molar refractivity (Wildman–Crippen MR) is 95.6 cm³/mol. The number of nitrogens with zero attached hydrogens (tertiary/aromatic N) is 3. The van der Waals surface area contributed by atoms with Gasteiger partial charge in [-0.3, -0.25) is 4.68 Å². The van der Waals surface area contributed by atoms with Crippen molar-refractivity contribution in [1.82, 2.24) is 14.1 Å². The third-order valence-corrected chi connectivity index (χ3v) is 6.76. The summed E-state index contributed by atoms with van der Waals surface area (Å²) in [5, 5.41) is 13.1. The van der Waals surface area contributed by atoms with Gasteiger partial charge in [-0.25, -0.2) is 13.2 Å². The van der Waals surface area contributed by atoms with Crippen molar-refractivity contribution < 1.29 is 18.3 Å². The van der Waals surface area contributed by atoms with E-state index in [4.69, 9.17) is 0 Å². The summed E-state index contributed by atoms with van der Waals surface area (Å²) >= 11 is 1.68. The third kappa shape index (κ3) is 3.88. The van der Waals surface area contributed by atoms with Gasteiger partial charge >= 0.3 is 5.97 Å². The zero-order valence-corrected chi connectivity index (χ0v) is 15.4. The number of aromatic nitrogens is 2. The van der Waals surface area contributed by atoms with Crippen molar-refractivity contribution in [2.75, 3.05) is 24.6 Å². The fourth-order valence-corrected chi connectivity index (χ4v) is 5.28. The molecule has 134 valence electrons. The van der Waals surface area contributed by atoms with E-state index >= 15 is 0 Å². The van der Waals surface area contributed by atoms with Crippen molar-refractivity contribution in [3.05, 3.63) is 47.2 Å². The van der Waals surface area contributed by atoms with E-state index in [1.165, 1.54) is 15.2 Å². The van der Waals surface area contributed by atoms with Crippen LogP contribution in [0.3, 0.4) is 0 Å². The molecule has 1 aliphatic heterocycles. The molecule has 0 amide bonds. The van der Waals surface area contributed by atoms with E-state index in [9.17, 15) is 18.3 Å². The van der Waals surface area contributed by atoms with Crippen LogP contribution in [0.25, 0.3) is 0 Å². The molecule has 3 rings (SSSR count). The van der Waals surface area contributed by atoms with Crippen molar-refractivity contribution in [2.24, 2.45) is 0 Å². The molecule has 0 unspecified atom stereocenters. The van der Waals surface area contributed by atoms with Crippen molar-refractivity contribution in [2.45, 2.75) is 18.5 Å². The lowest BCUT2D eigenvalue weighted by molar-refractivity contribution is 0.0692. The van der Waals surface area contributed by atoms with E-state index < -0.39 is 16.0 Å². The molecule has 0 atom stereocenters. The highest BCUT2D eigenvalue weighted by atomic mass is 32.2. The molecular formula is C16H19N3O4S2. The Morgan fingerprint density at radius 2 is 1.88 bits per heavy atom. The highest BCUT2D eigenvalue weighted by molar-refractivity contribution is 7.99. The fourth-order valence-electron chi connectivity index (χ4n) is 2.61. The van der Waals surface area contributed by atoms with Crippen LogP contribution in [-0.4, -0.2) is 58.2 Å². The Kier molecular flexibility index (Phi) is 5.16. The molecule has 1 fully saturated rings. The average molecular weight is 381 g/mol. The molecule has 7 nitrogen and oxygen atoms in total. The molecular weight excluding hydrogens is 362 g/mol. The van der Waals surface area contributed by atoms with E-state index in [-0.39, 0.29) is 10.6 Å². The van der Waals surface area contributed by atoms with Gasteiger partial charge in [-0.2, -0.15) is 21.2 Å². The summed E-state index contributed by atoms with van der Waals surface area (Å²) in [4.78, 5) is 11.5. The molecule has 2 aromatic rings. The molecule has 0 aliphatic carbocycles. The number of rotatable bonds is 5. The Hall–Kier alpha value is -1.84. The van der Waals surface area contributed by atoms with Crippen LogP contribution in [0.15, 0.2) is 35.5 Å².